The van der Waals surface area contributed by atoms with Crippen LogP contribution in [0.1, 0.15) is 86.3 Å². The molecule has 11 heteroatoms. The Morgan fingerprint density at radius 3 is 2.43 bits per heavy atom. The normalized spacial score (nSPS) is 23.2. The molecule has 2 amide bonds. The van der Waals surface area contributed by atoms with Gasteiger partial charge in [0.25, 0.3) is 0 Å². The van der Waals surface area contributed by atoms with Gasteiger partial charge in [0.2, 0.25) is 11.8 Å². The number of rotatable bonds is 11. The summed E-state index contributed by atoms with van der Waals surface area (Å²) in [7, 11) is 0. The van der Waals surface area contributed by atoms with Gasteiger partial charge < -0.3 is 24.4 Å². The number of carbonyl (C=O) groups is 3. The van der Waals surface area contributed by atoms with Crippen LogP contribution in [0.2, 0.25) is 5.02 Å². The second kappa shape index (κ2) is 15.3. The van der Waals surface area contributed by atoms with Crippen LogP contribution < -0.4 is 10.1 Å². The molecule has 0 radical (unpaired) electrons. The molecule has 2 aliphatic rings. The molecule has 1 aliphatic heterocycles. The number of allylic oxidation sites excluding steroid dienone is 1. The molecular formula is C38H51ClN4O6. The van der Waals surface area contributed by atoms with Crippen LogP contribution >= 0.6 is 11.6 Å². The van der Waals surface area contributed by atoms with Crippen LogP contribution in [-0.2, 0) is 19.1 Å². The van der Waals surface area contributed by atoms with E-state index in [0.29, 0.717) is 28.2 Å². The summed E-state index contributed by atoms with van der Waals surface area (Å²) < 4.78 is 18.2. The maximum Gasteiger partial charge on any atom is 0.408 e. The van der Waals surface area contributed by atoms with Crippen LogP contribution in [0.15, 0.2) is 49.6 Å². The first kappa shape index (κ1) is 37.9. The fraction of sp³-hybridized carbons (Fsp3) is 0.553. The Balaban J connectivity index is 1.61. The maximum atomic E-state index is 14.5. The number of esters is 1. The zero-order chi connectivity index (χ0) is 36.3. The van der Waals surface area contributed by atoms with Crippen molar-refractivity contribution in [3.8, 4) is 5.88 Å². The molecule has 0 unspecified atom stereocenters. The number of likely N-dealkylation sites (tertiary alicyclic amines) is 1. The molecule has 2 aromatic rings. The third-order valence-corrected chi connectivity index (χ3v) is 9.22. The molecular weight excluding hydrogens is 644 g/mol. The van der Waals surface area contributed by atoms with Crippen LogP contribution in [0.4, 0.5) is 4.79 Å². The number of unbranched alkanes of at least 4 members (excludes halogenated alkanes) is 1. The molecule has 1 aromatic carbocycles. The smallest absolute Gasteiger partial charge is 0.408 e. The van der Waals surface area contributed by atoms with Crippen molar-refractivity contribution in [1.29, 1.82) is 0 Å². The lowest BCUT2D eigenvalue weighted by Crippen LogP contribution is -2.58. The van der Waals surface area contributed by atoms with Crippen molar-refractivity contribution in [3.05, 3.63) is 60.3 Å². The van der Waals surface area contributed by atoms with Crippen LogP contribution in [0.3, 0.4) is 0 Å². The SMILES string of the molecule is C=CCCC[C@@H]1CC(=C)C[C@H]1OC(=O)N[C@H](C(=O)N1C[C@H](Oc2nc3cc(Cl)ccc3nc2C=C)[C@@H](C)[C@H]1C(=O)OC(C)(C)C)C(C)(C)C. The second-order valence-corrected chi connectivity index (χ2v) is 15.7. The maximum absolute atomic E-state index is 14.5. The van der Waals surface area contributed by atoms with E-state index in [4.69, 9.17) is 25.8 Å². The van der Waals surface area contributed by atoms with Crippen molar-refractivity contribution in [2.24, 2.45) is 17.3 Å². The number of ether oxygens (including phenoxy) is 3. The first-order chi connectivity index (χ1) is 22.9. The quantitative estimate of drug-likeness (QED) is 0.144. The van der Waals surface area contributed by atoms with E-state index in [1.807, 2.05) is 33.8 Å². The number of amides is 2. The minimum Gasteiger partial charge on any atom is -0.471 e. The molecule has 1 aromatic heterocycles. The van der Waals surface area contributed by atoms with Gasteiger partial charge in [-0.3, -0.25) is 4.79 Å². The van der Waals surface area contributed by atoms with E-state index in [1.54, 1.807) is 45.0 Å². The second-order valence-electron chi connectivity index (χ2n) is 15.3. The third-order valence-electron chi connectivity index (χ3n) is 8.99. The van der Waals surface area contributed by atoms with Gasteiger partial charge in [0.1, 0.15) is 35.6 Å². The van der Waals surface area contributed by atoms with Crippen LogP contribution in [0.25, 0.3) is 17.1 Å². The van der Waals surface area contributed by atoms with E-state index in [1.165, 1.54) is 4.90 Å². The van der Waals surface area contributed by atoms with Gasteiger partial charge in [-0.2, -0.15) is 0 Å². The molecule has 1 N–H and O–H groups in total. The number of halogens is 1. The number of nitrogens with zero attached hydrogens (tertiary/aromatic N) is 3. The molecule has 1 saturated heterocycles. The Morgan fingerprint density at radius 2 is 1.80 bits per heavy atom. The lowest BCUT2D eigenvalue weighted by atomic mass is 9.85. The van der Waals surface area contributed by atoms with Gasteiger partial charge in [-0.25, -0.2) is 19.6 Å². The van der Waals surface area contributed by atoms with Gasteiger partial charge in [-0.05, 0) is 76.1 Å². The van der Waals surface area contributed by atoms with Gasteiger partial charge >= 0.3 is 12.1 Å². The van der Waals surface area contributed by atoms with E-state index in [-0.39, 0.29) is 24.4 Å². The zero-order valence-electron chi connectivity index (χ0n) is 29.9. The molecule has 0 bridgehead atoms. The Bertz CT molecular complexity index is 1590. The number of carbonyl (C=O) groups excluding carboxylic acids is 3. The lowest BCUT2D eigenvalue weighted by molar-refractivity contribution is -0.165. The minimum atomic E-state index is -1.02. The summed E-state index contributed by atoms with van der Waals surface area (Å²) in [5.74, 6) is -1.17. The van der Waals surface area contributed by atoms with Crippen molar-refractivity contribution < 1.29 is 28.6 Å². The summed E-state index contributed by atoms with van der Waals surface area (Å²) in [6.07, 6.45) is 5.84. The highest BCUT2D eigenvalue weighted by Gasteiger charge is 2.51. The highest BCUT2D eigenvalue weighted by atomic mass is 35.5. The predicted molar refractivity (Wildman–Crippen MR) is 192 cm³/mol. The molecule has 2 heterocycles. The predicted octanol–water partition coefficient (Wildman–Crippen LogP) is 7.69. The van der Waals surface area contributed by atoms with Crippen molar-refractivity contribution >= 4 is 46.7 Å². The van der Waals surface area contributed by atoms with Crippen molar-refractivity contribution in [2.75, 3.05) is 6.54 Å². The number of hydrogen-bond acceptors (Lipinski definition) is 8. The van der Waals surface area contributed by atoms with E-state index in [0.717, 1.165) is 31.3 Å². The van der Waals surface area contributed by atoms with Gasteiger partial charge in [-0.1, -0.05) is 64.1 Å². The molecule has 6 atom stereocenters. The van der Waals surface area contributed by atoms with E-state index < -0.39 is 53.1 Å². The average molecular weight is 695 g/mol. The highest BCUT2D eigenvalue weighted by Crippen LogP contribution is 2.37. The van der Waals surface area contributed by atoms with Crippen molar-refractivity contribution in [3.63, 3.8) is 0 Å². The Morgan fingerprint density at radius 1 is 1.08 bits per heavy atom. The average Bonchev–Trinajstić information content (AvgIpc) is 3.51. The summed E-state index contributed by atoms with van der Waals surface area (Å²) in [6.45, 7) is 24.5. The number of benzene rings is 1. The van der Waals surface area contributed by atoms with Crippen molar-refractivity contribution in [1.82, 2.24) is 20.2 Å². The molecule has 0 spiro atoms. The summed E-state index contributed by atoms with van der Waals surface area (Å²) in [4.78, 5) is 52.4. The van der Waals surface area contributed by atoms with Gasteiger partial charge in [-0.15, -0.1) is 6.58 Å². The fourth-order valence-electron chi connectivity index (χ4n) is 6.52. The first-order valence-corrected chi connectivity index (χ1v) is 17.3. The number of aromatic nitrogens is 2. The topological polar surface area (TPSA) is 120 Å². The Hall–Kier alpha value is -3.92. The molecule has 49 heavy (non-hydrogen) atoms. The molecule has 266 valence electrons. The molecule has 10 nitrogen and oxygen atoms in total. The molecule has 4 rings (SSSR count). The molecule has 1 saturated carbocycles. The van der Waals surface area contributed by atoms with Crippen LogP contribution in [0, 0.1) is 17.3 Å². The number of fused-ring (bicyclic) bond motifs is 1. The fourth-order valence-corrected chi connectivity index (χ4v) is 6.68. The van der Waals surface area contributed by atoms with E-state index in [2.05, 4.69) is 35.0 Å². The van der Waals surface area contributed by atoms with E-state index in [9.17, 15) is 14.4 Å². The van der Waals surface area contributed by atoms with Gasteiger partial charge in [0.15, 0.2) is 0 Å². The number of alkyl carbamates (subject to hydrolysis) is 1. The summed E-state index contributed by atoms with van der Waals surface area (Å²) in [5.41, 5.74) is 1.06. The Kier molecular flexibility index (Phi) is 11.8. The van der Waals surface area contributed by atoms with Gasteiger partial charge in [0, 0.05) is 23.3 Å². The van der Waals surface area contributed by atoms with Crippen molar-refractivity contribution in [2.45, 2.75) is 110 Å². The van der Waals surface area contributed by atoms with Gasteiger partial charge in [0.05, 0.1) is 17.6 Å². The number of hydrogen-bond donors (Lipinski definition) is 1. The summed E-state index contributed by atoms with van der Waals surface area (Å²) in [6, 6.07) is 3.15. The molecule has 2 fully saturated rings. The molecule has 1 aliphatic carbocycles. The number of nitrogens with one attached hydrogen (secondary N) is 1. The largest absolute Gasteiger partial charge is 0.471 e. The minimum absolute atomic E-state index is 0.0346. The Labute approximate surface area is 295 Å². The first-order valence-electron chi connectivity index (χ1n) is 17.0. The summed E-state index contributed by atoms with van der Waals surface area (Å²) >= 11 is 6.22. The lowest BCUT2D eigenvalue weighted by Gasteiger charge is -2.36. The third kappa shape index (κ3) is 9.41. The standard InChI is InChI=1S/C38H51ClN4O6/c1-11-13-14-15-24-18-22(3)19-29(24)48-36(46)42-32(37(5,6)7)34(44)43-21-30(23(4)31(43)35(45)49-38(8,9)10)47-33-26(12-2)40-27-17-16-25(39)20-28(27)41-33/h11-12,16-17,20,23-24,29-32H,1-3,13-15,18-19,21H2,4-10H3,(H,42,46)/t23-,24-,29-,30+,31+,32-/m1/s1. The zero-order valence-corrected chi connectivity index (χ0v) is 30.6. The van der Waals surface area contributed by atoms with E-state index >= 15 is 0 Å². The summed E-state index contributed by atoms with van der Waals surface area (Å²) in [5, 5.41) is 3.35. The van der Waals surface area contributed by atoms with Crippen LogP contribution in [0.5, 0.6) is 5.88 Å². The monoisotopic (exact) mass is 694 g/mol. The highest BCUT2D eigenvalue weighted by molar-refractivity contribution is 6.31. The van der Waals surface area contributed by atoms with Crippen LogP contribution in [-0.4, -0.2) is 69.3 Å².